The summed E-state index contributed by atoms with van der Waals surface area (Å²) in [6.07, 6.45) is 6.34. The van der Waals surface area contributed by atoms with Gasteiger partial charge in [-0.1, -0.05) is 36.9 Å². The van der Waals surface area contributed by atoms with Crippen molar-refractivity contribution in [3.05, 3.63) is 94.0 Å². The highest BCUT2D eigenvalue weighted by molar-refractivity contribution is 7.10. The number of carbonyl (C=O) groups is 1. The number of carbonyl (C=O) groups excluding carboxylic acids is 1. The molecule has 1 aromatic carbocycles. The van der Waals surface area contributed by atoms with Gasteiger partial charge in [0.05, 0.1) is 11.6 Å². The van der Waals surface area contributed by atoms with Crippen LogP contribution in [0.4, 0.5) is 0 Å². The van der Waals surface area contributed by atoms with Crippen LogP contribution < -0.4 is 5.32 Å². The summed E-state index contributed by atoms with van der Waals surface area (Å²) in [5.41, 5.74) is 3.87. The second-order valence-corrected chi connectivity index (χ2v) is 6.96. The Hall–Kier alpha value is -2.59. The molecule has 24 heavy (non-hydrogen) atoms. The number of rotatable bonds is 2. The maximum absolute atomic E-state index is 13.1. The lowest BCUT2D eigenvalue weighted by Crippen LogP contribution is -2.41. The van der Waals surface area contributed by atoms with Crippen molar-refractivity contribution in [2.75, 3.05) is 6.54 Å². The number of hydrogen-bond acceptors (Lipinski definition) is 3. The molecular weight excluding hydrogens is 316 g/mol. The fraction of sp³-hybridized carbons (Fsp3) is 0.150. The summed E-state index contributed by atoms with van der Waals surface area (Å²) in [7, 11) is 0. The molecule has 4 heteroatoms. The molecule has 1 atom stereocenters. The zero-order valence-corrected chi connectivity index (χ0v) is 14.1. The highest BCUT2D eigenvalue weighted by Crippen LogP contribution is 2.38. The molecule has 4 rings (SSSR count). The minimum absolute atomic E-state index is 0.0203. The summed E-state index contributed by atoms with van der Waals surface area (Å²) in [5.74, 6) is 0.0527. The van der Waals surface area contributed by atoms with Crippen molar-refractivity contribution in [1.82, 2.24) is 10.2 Å². The fourth-order valence-corrected chi connectivity index (χ4v) is 4.19. The molecule has 1 N–H and O–H groups in total. The van der Waals surface area contributed by atoms with Crippen LogP contribution in [0, 0.1) is 0 Å². The second kappa shape index (κ2) is 6.13. The number of dihydropyridines is 1. The predicted octanol–water partition coefficient (Wildman–Crippen LogP) is 3.78. The van der Waals surface area contributed by atoms with E-state index in [0.29, 0.717) is 5.57 Å². The fourth-order valence-electron chi connectivity index (χ4n) is 3.29. The van der Waals surface area contributed by atoms with Crippen LogP contribution in [0.1, 0.15) is 22.0 Å². The molecule has 0 fully saturated rings. The van der Waals surface area contributed by atoms with Crippen LogP contribution in [0.15, 0.2) is 78.0 Å². The molecule has 3 heterocycles. The first kappa shape index (κ1) is 15.0. The first-order valence-corrected chi connectivity index (χ1v) is 8.88. The Morgan fingerprint density at radius 3 is 2.79 bits per heavy atom. The van der Waals surface area contributed by atoms with E-state index >= 15 is 0 Å². The van der Waals surface area contributed by atoms with Gasteiger partial charge in [-0.3, -0.25) is 4.79 Å². The number of thiophene rings is 1. The number of nitrogens with zero attached hydrogens (tertiary/aromatic N) is 1. The average molecular weight is 334 g/mol. The molecule has 1 aromatic heterocycles. The van der Waals surface area contributed by atoms with Crippen LogP contribution in [0.25, 0.3) is 0 Å². The van der Waals surface area contributed by atoms with Crippen LogP contribution in [-0.2, 0) is 11.2 Å². The van der Waals surface area contributed by atoms with Crippen molar-refractivity contribution in [3.8, 4) is 0 Å². The number of nitrogens with one attached hydrogen (secondary N) is 1. The maximum atomic E-state index is 13.1. The Labute approximate surface area is 145 Å². The van der Waals surface area contributed by atoms with Gasteiger partial charge in [0.1, 0.15) is 0 Å². The summed E-state index contributed by atoms with van der Waals surface area (Å²) >= 11 is 1.78. The second-order valence-electron chi connectivity index (χ2n) is 5.96. The Balaban J connectivity index is 1.73. The van der Waals surface area contributed by atoms with Crippen LogP contribution in [-0.4, -0.2) is 17.4 Å². The summed E-state index contributed by atoms with van der Waals surface area (Å²) in [4.78, 5) is 16.5. The van der Waals surface area contributed by atoms with Gasteiger partial charge in [-0.15, -0.1) is 11.3 Å². The van der Waals surface area contributed by atoms with Gasteiger partial charge in [-0.25, -0.2) is 0 Å². The highest BCUT2D eigenvalue weighted by Gasteiger charge is 2.33. The van der Waals surface area contributed by atoms with Gasteiger partial charge in [0.2, 0.25) is 0 Å². The highest BCUT2D eigenvalue weighted by atomic mass is 32.1. The lowest BCUT2D eigenvalue weighted by atomic mass is 9.92. The van der Waals surface area contributed by atoms with Crippen LogP contribution in [0.5, 0.6) is 0 Å². The van der Waals surface area contributed by atoms with E-state index < -0.39 is 0 Å². The molecule has 0 aliphatic carbocycles. The minimum atomic E-state index is -0.0203. The quantitative estimate of drug-likeness (QED) is 0.906. The van der Waals surface area contributed by atoms with Crippen molar-refractivity contribution in [3.63, 3.8) is 0 Å². The molecule has 0 radical (unpaired) electrons. The van der Waals surface area contributed by atoms with E-state index in [1.54, 1.807) is 17.5 Å². The minimum Gasteiger partial charge on any atom is -0.361 e. The smallest absolute Gasteiger partial charge is 0.256 e. The third kappa shape index (κ3) is 2.59. The lowest BCUT2D eigenvalue weighted by Gasteiger charge is -2.36. The topological polar surface area (TPSA) is 32.3 Å². The average Bonchev–Trinajstić information content (AvgIpc) is 3.10. The molecule has 0 bridgehead atoms. The monoisotopic (exact) mass is 334 g/mol. The van der Waals surface area contributed by atoms with Crippen LogP contribution >= 0.6 is 11.3 Å². The van der Waals surface area contributed by atoms with Crippen molar-refractivity contribution in [2.24, 2.45) is 0 Å². The number of hydrogen-bond donors (Lipinski definition) is 1. The normalized spacial score (nSPS) is 19.5. The van der Waals surface area contributed by atoms with E-state index in [9.17, 15) is 4.79 Å². The van der Waals surface area contributed by atoms with E-state index in [-0.39, 0.29) is 11.9 Å². The van der Waals surface area contributed by atoms with E-state index in [1.807, 2.05) is 35.3 Å². The molecule has 0 spiro atoms. The number of amides is 1. The van der Waals surface area contributed by atoms with Crippen LogP contribution in [0.3, 0.4) is 0 Å². The molecule has 1 amide bonds. The van der Waals surface area contributed by atoms with Gasteiger partial charge in [0, 0.05) is 23.3 Å². The van der Waals surface area contributed by atoms with Gasteiger partial charge in [0.15, 0.2) is 0 Å². The first-order valence-electron chi connectivity index (χ1n) is 8.00. The first-order chi connectivity index (χ1) is 11.7. The molecule has 3 nitrogen and oxygen atoms in total. The SMILES string of the molecule is C=C1C=CC(C(=O)N2CCc3sccc3[C@H]2c2ccccc2)=CN1. The van der Waals surface area contributed by atoms with Crippen molar-refractivity contribution < 1.29 is 4.79 Å². The van der Waals surface area contributed by atoms with Crippen molar-refractivity contribution >= 4 is 17.2 Å². The van der Waals surface area contributed by atoms with Gasteiger partial charge < -0.3 is 10.2 Å². The van der Waals surface area contributed by atoms with E-state index in [4.69, 9.17) is 0 Å². The maximum Gasteiger partial charge on any atom is 0.256 e. The van der Waals surface area contributed by atoms with Gasteiger partial charge in [0.25, 0.3) is 5.91 Å². The predicted molar refractivity (Wildman–Crippen MR) is 97.5 cm³/mol. The molecule has 120 valence electrons. The molecule has 0 unspecified atom stereocenters. The largest absolute Gasteiger partial charge is 0.361 e. The summed E-state index contributed by atoms with van der Waals surface area (Å²) in [5, 5.41) is 5.16. The molecule has 2 aromatic rings. The number of benzene rings is 1. The molecule has 0 saturated heterocycles. The third-order valence-corrected chi connectivity index (χ3v) is 5.46. The van der Waals surface area contributed by atoms with Crippen molar-refractivity contribution in [1.29, 1.82) is 0 Å². The van der Waals surface area contributed by atoms with E-state index in [1.165, 1.54) is 10.4 Å². The Morgan fingerprint density at radius 2 is 2.04 bits per heavy atom. The molecule has 0 saturated carbocycles. The number of fused-ring (bicyclic) bond motifs is 1. The molecular formula is C20H18N2OS. The summed E-state index contributed by atoms with van der Waals surface area (Å²) in [6, 6.07) is 12.4. The lowest BCUT2D eigenvalue weighted by molar-refractivity contribution is -0.128. The molecule has 2 aliphatic heterocycles. The summed E-state index contributed by atoms with van der Waals surface area (Å²) in [6.45, 7) is 4.57. The van der Waals surface area contributed by atoms with Gasteiger partial charge in [-0.2, -0.15) is 0 Å². The van der Waals surface area contributed by atoms with Crippen molar-refractivity contribution in [2.45, 2.75) is 12.5 Å². The third-order valence-electron chi connectivity index (χ3n) is 4.47. The van der Waals surface area contributed by atoms with Crippen LogP contribution in [0.2, 0.25) is 0 Å². The van der Waals surface area contributed by atoms with Gasteiger partial charge in [-0.05, 0) is 41.1 Å². The Kier molecular flexibility index (Phi) is 3.82. The standard InChI is InChI=1S/C20H18N2OS/c1-14-7-8-16(13-21-14)20(23)22-11-9-18-17(10-12-24-18)19(22)15-5-3-2-4-6-15/h2-8,10,12-13,19,21H,1,9,11H2/t19-/m1/s1. The zero-order chi connectivity index (χ0) is 16.5. The summed E-state index contributed by atoms with van der Waals surface area (Å²) < 4.78 is 0. The van der Waals surface area contributed by atoms with E-state index in [0.717, 1.165) is 24.2 Å². The van der Waals surface area contributed by atoms with Gasteiger partial charge >= 0.3 is 0 Å². The Bertz CT molecular complexity index is 848. The Morgan fingerprint density at radius 1 is 1.21 bits per heavy atom. The number of allylic oxidation sites excluding steroid dienone is 1. The zero-order valence-electron chi connectivity index (χ0n) is 13.2. The molecule has 2 aliphatic rings. The van der Waals surface area contributed by atoms with E-state index in [2.05, 4.69) is 35.5 Å².